The number of rotatable bonds is 3. The summed E-state index contributed by atoms with van der Waals surface area (Å²) in [5.74, 6) is -0.343. The lowest BCUT2D eigenvalue weighted by Gasteiger charge is -2.12. The standard InChI is InChI=1S/C13H15N5O3S/c14-22(20,21)9-3-1-8(2-4-9)16-13(19)12-10-7-15-6-5-11(10)17-18-12/h1-4,15H,5-7H2,(H,16,19)(H,17,18)(H2,14,20,21). The molecule has 0 unspecified atom stereocenters. The highest BCUT2D eigenvalue weighted by Crippen LogP contribution is 2.18. The normalized spacial score (nSPS) is 14.4. The number of carbonyl (C=O) groups excluding carboxylic acids is 1. The number of benzene rings is 1. The van der Waals surface area contributed by atoms with Gasteiger partial charge < -0.3 is 10.6 Å². The molecule has 1 aliphatic rings. The van der Waals surface area contributed by atoms with E-state index >= 15 is 0 Å². The van der Waals surface area contributed by atoms with Gasteiger partial charge in [0.05, 0.1) is 4.90 Å². The van der Waals surface area contributed by atoms with Gasteiger partial charge in [0.1, 0.15) is 0 Å². The van der Waals surface area contributed by atoms with Crippen LogP contribution < -0.4 is 15.8 Å². The summed E-state index contributed by atoms with van der Waals surface area (Å²) < 4.78 is 22.4. The first-order chi connectivity index (χ1) is 10.4. The lowest BCUT2D eigenvalue weighted by atomic mass is 10.1. The maximum absolute atomic E-state index is 12.3. The summed E-state index contributed by atoms with van der Waals surface area (Å²) in [4.78, 5) is 12.3. The van der Waals surface area contributed by atoms with Crippen LogP contribution in [0.3, 0.4) is 0 Å². The Morgan fingerprint density at radius 2 is 2.00 bits per heavy atom. The van der Waals surface area contributed by atoms with E-state index in [1.54, 1.807) is 0 Å². The van der Waals surface area contributed by atoms with E-state index in [4.69, 9.17) is 5.14 Å². The molecule has 1 aliphatic heterocycles. The Kier molecular flexibility index (Phi) is 3.69. The third kappa shape index (κ3) is 2.86. The Morgan fingerprint density at radius 1 is 1.27 bits per heavy atom. The molecular formula is C13H15N5O3S. The molecule has 2 aromatic rings. The monoisotopic (exact) mass is 321 g/mol. The van der Waals surface area contributed by atoms with Crippen molar-refractivity contribution in [1.82, 2.24) is 15.5 Å². The summed E-state index contributed by atoms with van der Waals surface area (Å²) >= 11 is 0. The number of hydrogen-bond donors (Lipinski definition) is 4. The number of aromatic amines is 1. The molecule has 0 fully saturated rings. The first-order valence-electron chi connectivity index (χ1n) is 6.66. The minimum atomic E-state index is -3.74. The van der Waals surface area contributed by atoms with Gasteiger partial charge in [0.25, 0.3) is 5.91 Å². The zero-order valence-corrected chi connectivity index (χ0v) is 12.4. The summed E-state index contributed by atoms with van der Waals surface area (Å²) in [5.41, 5.74) is 2.65. The van der Waals surface area contributed by atoms with Crippen LogP contribution in [0.15, 0.2) is 29.2 Å². The molecule has 0 atom stereocenters. The summed E-state index contributed by atoms with van der Waals surface area (Å²) in [6, 6.07) is 5.64. The van der Waals surface area contributed by atoms with Crippen LogP contribution in [0.2, 0.25) is 0 Å². The number of amides is 1. The molecule has 5 N–H and O–H groups in total. The maximum Gasteiger partial charge on any atom is 0.276 e. The highest BCUT2D eigenvalue weighted by molar-refractivity contribution is 7.89. The minimum absolute atomic E-state index is 0.00755. The Bertz CT molecular complexity index is 811. The molecule has 22 heavy (non-hydrogen) atoms. The SMILES string of the molecule is NS(=O)(=O)c1ccc(NC(=O)c2n[nH]c3c2CNCC3)cc1. The molecule has 1 amide bonds. The van der Waals surface area contributed by atoms with Crippen LogP contribution in [0.4, 0.5) is 5.69 Å². The van der Waals surface area contributed by atoms with E-state index in [2.05, 4.69) is 20.8 Å². The molecule has 9 heteroatoms. The van der Waals surface area contributed by atoms with Gasteiger partial charge in [-0.2, -0.15) is 5.10 Å². The Balaban J connectivity index is 1.78. The smallest absolute Gasteiger partial charge is 0.276 e. The van der Waals surface area contributed by atoms with Gasteiger partial charge in [-0.05, 0) is 24.3 Å². The van der Waals surface area contributed by atoms with Gasteiger partial charge in [-0.15, -0.1) is 0 Å². The van der Waals surface area contributed by atoms with Gasteiger partial charge in [0.15, 0.2) is 5.69 Å². The summed E-state index contributed by atoms with van der Waals surface area (Å²) in [7, 11) is -3.74. The number of primary sulfonamides is 1. The quantitative estimate of drug-likeness (QED) is 0.630. The van der Waals surface area contributed by atoms with Crippen LogP contribution in [0.25, 0.3) is 0 Å². The largest absolute Gasteiger partial charge is 0.321 e. The van der Waals surface area contributed by atoms with E-state index in [0.717, 1.165) is 24.2 Å². The van der Waals surface area contributed by atoms with E-state index < -0.39 is 10.0 Å². The van der Waals surface area contributed by atoms with Crippen molar-refractivity contribution in [3.63, 3.8) is 0 Å². The number of aromatic nitrogens is 2. The van der Waals surface area contributed by atoms with Gasteiger partial charge >= 0.3 is 0 Å². The van der Waals surface area contributed by atoms with Crippen molar-refractivity contribution in [3.05, 3.63) is 41.2 Å². The zero-order valence-electron chi connectivity index (χ0n) is 11.6. The fraction of sp³-hybridized carbons (Fsp3) is 0.231. The predicted molar refractivity (Wildman–Crippen MR) is 79.8 cm³/mol. The number of fused-ring (bicyclic) bond motifs is 1. The number of anilines is 1. The molecule has 0 saturated carbocycles. The number of H-pyrrole nitrogens is 1. The second-order valence-electron chi connectivity index (χ2n) is 4.98. The van der Waals surface area contributed by atoms with Crippen molar-refractivity contribution >= 4 is 21.6 Å². The lowest BCUT2D eigenvalue weighted by molar-refractivity contribution is 0.102. The minimum Gasteiger partial charge on any atom is -0.321 e. The van der Waals surface area contributed by atoms with Crippen LogP contribution in [0.5, 0.6) is 0 Å². The average Bonchev–Trinajstić information content (AvgIpc) is 2.91. The highest BCUT2D eigenvalue weighted by Gasteiger charge is 2.21. The van der Waals surface area contributed by atoms with Gasteiger partial charge in [0, 0.05) is 36.5 Å². The van der Waals surface area contributed by atoms with Crippen molar-refractivity contribution in [2.45, 2.75) is 17.9 Å². The second kappa shape index (κ2) is 5.52. The molecule has 0 aliphatic carbocycles. The van der Waals surface area contributed by atoms with Crippen molar-refractivity contribution in [2.24, 2.45) is 5.14 Å². The molecule has 0 spiro atoms. The first kappa shape index (κ1) is 14.7. The van der Waals surface area contributed by atoms with E-state index in [-0.39, 0.29) is 10.8 Å². The van der Waals surface area contributed by atoms with Crippen LogP contribution >= 0.6 is 0 Å². The average molecular weight is 321 g/mol. The second-order valence-corrected chi connectivity index (χ2v) is 6.54. The number of carbonyl (C=O) groups is 1. The number of nitrogens with two attached hydrogens (primary N) is 1. The fourth-order valence-corrected chi connectivity index (χ4v) is 2.85. The lowest BCUT2D eigenvalue weighted by Crippen LogP contribution is -2.25. The number of nitrogens with one attached hydrogen (secondary N) is 3. The molecule has 116 valence electrons. The number of nitrogens with zero attached hydrogens (tertiary/aromatic N) is 1. The highest BCUT2D eigenvalue weighted by atomic mass is 32.2. The third-order valence-electron chi connectivity index (χ3n) is 3.46. The third-order valence-corrected chi connectivity index (χ3v) is 4.39. The van der Waals surface area contributed by atoms with E-state index in [9.17, 15) is 13.2 Å². The van der Waals surface area contributed by atoms with Gasteiger partial charge in [-0.25, -0.2) is 13.6 Å². The Morgan fingerprint density at radius 3 is 2.68 bits per heavy atom. The van der Waals surface area contributed by atoms with Gasteiger partial charge in [-0.1, -0.05) is 0 Å². The van der Waals surface area contributed by atoms with Crippen molar-refractivity contribution in [3.8, 4) is 0 Å². The molecule has 8 nitrogen and oxygen atoms in total. The number of hydrogen-bond acceptors (Lipinski definition) is 5. The molecule has 3 rings (SSSR count). The summed E-state index contributed by atoms with van der Waals surface area (Å²) in [6.07, 6.45) is 0.804. The predicted octanol–water partition coefficient (Wildman–Crippen LogP) is -0.0449. The van der Waals surface area contributed by atoms with E-state index in [1.165, 1.54) is 24.3 Å². The zero-order chi connectivity index (χ0) is 15.7. The van der Waals surface area contributed by atoms with E-state index in [0.29, 0.717) is 17.9 Å². The van der Waals surface area contributed by atoms with Crippen LogP contribution in [0.1, 0.15) is 21.7 Å². The molecule has 1 aromatic heterocycles. The molecule has 2 heterocycles. The van der Waals surface area contributed by atoms with E-state index in [1.807, 2.05) is 0 Å². The van der Waals surface area contributed by atoms with Crippen molar-refractivity contribution in [2.75, 3.05) is 11.9 Å². The maximum atomic E-state index is 12.3. The number of sulfonamides is 1. The summed E-state index contributed by atoms with van der Waals surface area (Å²) in [6.45, 7) is 1.45. The molecule has 1 aromatic carbocycles. The first-order valence-corrected chi connectivity index (χ1v) is 8.21. The Labute approximate surface area is 127 Å². The fourth-order valence-electron chi connectivity index (χ4n) is 2.33. The Hall–Kier alpha value is -2.23. The molecule has 0 bridgehead atoms. The van der Waals surface area contributed by atoms with Crippen LogP contribution in [-0.4, -0.2) is 31.1 Å². The van der Waals surface area contributed by atoms with Gasteiger partial charge in [-0.3, -0.25) is 9.89 Å². The van der Waals surface area contributed by atoms with Crippen molar-refractivity contribution < 1.29 is 13.2 Å². The molecule has 0 radical (unpaired) electrons. The molecule has 0 saturated heterocycles. The topological polar surface area (TPSA) is 130 Å². The van der Waals surface area contributed by atoms with Gasteiger partial charge in [0.2, 0.25) is 10.0 Å². The van der Waals surface area contributed by atoms with Crippen LogP contribution in [-0.2, 0) is 23.0 Å². The summed E-state index contributed by atoms with van der Waals surface area (Å²) in [5, 5.41) is 17.8. The van der Waals surface area contributed by atoms with Crippen LogP contribution in [0, 0.1) is 0 Å². The van der Waals surface area contributed by atoms with Crippen molar-refractivity contribution in [1.29, 1.82) is 0 Å². The molecular weight excluding hydrogens is 306 g/mol.